The van der Waals surface area contributed by atoms with E-state index in [1.165, 1.54) is 0 Å². The van der Waals surface area contributed by atoms with Gasteiger partial charge in [0, 0.05) is 12.1 Å². The van der Waals surface area contributed by atoms with Crippen LogP contribution in [0.15, 0.2) is 24.3 Å². The summed E-state index contributed by atoms with van der Waals surface area (Å²) in [6.45, 7) is 0.595. The molecular weight excluding hydrogens is 286 g/mol. The Morgan fingerprint density at radius 2 is 1.86 bits per heavy atom. The number of hydrogen-bond donors (Lipinski definition) is 2. The van der Waals surface area contributed by atoms with Crippen LogP contribution in [0.2, 0.25) is 0 Å². The SMILES string of the molecule is NC(=O)C1CCCCN1C(=O)Cc1ccc(C(N)=S)cc1. The maximum absolute atomic E-state index is 12.4. The highest BCUT2D eigenvalue weighted by molar-refractivity contribution is 7.80. The molecule has 0 aliphatic carbocycles. The topological polar surface area (TPSA) is 89.4 Å². The number of likely N-dealkylation sites (tertiary alicyclic amines) is 1. The molecule has 1 aliphatic rings. The molecule has 1 fully saturated rings. The highest BCUT2D eigenvalue weighted by atomic mass is 32.1. The lowest BCUT2D eigenvalue weighted by Gasteiger charge is -2.33. The van der Waals surface area contributed by atoms with Crippen LogP contribution in [0.4, 0.5) is 0 Å². The molecule has 0 bridgehead atoms. The van der Waals surface area contributed by atoms with Crippen LogP contribution in [0.3, 0.4) is 0 Å². The van der Waals surface area contributed by atoms with E-state index in [0.717, 1.165) is 24.0 Å². The van der Waals surface area contributed by atoms with Gasteiger partial charge in [0.05, 0.1) is 6.42 Å². The molecule has 2 rings (SSSR count). The number of nitrogens with zero attached hydrogens (tertiary/aromatic N) is 1. The van der Waals surface area contributed by atoms with Crippen molar-refractivity contribution in [2.24, 2.45) is 11.5 Å². The normalized spacial score (nSPS) is 18.3. The zero-order chi connectivity index (χ0) is 15.4. The molecule has 0 aromatic heterocycles. The minimum atomic E-state index is -0.470. The van der Waals surface area contributed by atoms with E-state index in [-0.39, 0.29) is 12.3 Å². The number of nitrogens with two attached hydrogens (primary N) is 2. The number of hydrogen-bond acceptors (Lipinski definition) is 3. The van der Waals surface area contributed by atoms with Crippen molar-refractivity contribution >= 4 is 29.0 Å². The Labute approximate surface area is 129 Å². The number of amides is 2. The average molecular weight is 305 g/mol. The molecule has 5 nitrogen and oxygen atoms in total. The van der Waals surface area contributed by atoms with Crippen LogP contribution in [0.1, 0.15) is 30.4 Å². The van der Waals surface area contributed by atoms with Crippen molar-refractivity contribution < 1.29 is 9.59 Å². The van der Waals surface area contributed by atoms with Crippen molar-refractivity contribution in [3.63, 3.8) is 0 Å². The van der Waals surface area contributed by atoms with E-state index in [1.54, 1.807) is 17.0 Å². The van der Waals surface area contributed by atoms with Crippen molar-refractivity contribution in [1.82, 2.24) is 4.90 Å². The van der Waals surface area contributed by atoms with Gasteiger partial charge in [-0.1, -0.05) is 36.5 Å². The fraction of sp³-hybridized carbons (Fsp3) is 0.400. The van der Waals surface area contributed by atoms with Gasteiger partial charge in [-0.25, -0.2) is 0 Å². The van der Waals surface area contributed by atoms with E-state index in [1.807, 2.05) is 12.1 Å². The third kappa shape index (κ3) is 3.78. The Bertz CT molecular complexity index is 557. The lowest BCUT2D eigenvalue weighted by molar-refractivity contribution is -0.140. The van der Waals surface area contributed by atoms with Crippen LogP contribution in [0, 0.1) is 0 Å². The Balaban J connectivity index is 2.05. The van der Waals surface area contributed by atoms with Gasteiger partial charge in [0.25, 0.3) is 0 Å². The van der Waals surface area contributed by atoms with Crippen molar-refractivity contribution in [2.45, 2.75) is 31.7 Å². The van der Waals surface area contributed by atoms with Gasteiger partial charge in [0.2, 0.25) is 11.8 Å². The Kier molecular flexibility index (Phi) is 4.90. The lowest BCUT2D eigenvalue weighted by Crippen LogP contribution is -2.50. The van der Waals surface area contributed by atoms with Gasteiger partial charge in [-0.3, -0.25) is 9.59 Å². The third-order valence-electron chi connectivity index (χ3n) is 3.75. The molecule has 2 amide bonds. The highest BCUT2D eigenvalue weighted by Crippen LogP contribution is 2.18. The quantitative estimate of drug-likeness (QED) is 0.803. The number of carbonyl (C=O) groups is 2. The minimum absolute atomic E-state index is 0.0680. The van der Waals surface area contributed by atoms with Crippen LogP contribution in [0.5, 0.6) is 0 Å². The molecule has 1 heterocycles. The number of piperidine rings is 1. The zero-order valence-corrected chi connectivity index (χ0v) is 12.6. The summed E-state index contributed by atoms with van der Waals surface area (Å²) in [5.74, 6) is -0.492. The lowest BCUT2D eigenvalue weighted by atomic mass is 10.00. The Morgan fingerprint density at radius 1 is 1.19 bits per heavy atom. The van der Waals surface area contributed by atoms with Crippen LogP contribution in [-0.4, -0.2) is 34.3 Å². The molecule has 4 N–H and O–H groups in total. The summed E-state index contributed by atoms with van der Waals surface area (Å²) in [5, 5.41) is 0. The molecule has 1 unspecified atom stereocenters. The molecule has 0 saturated carbocycles. The maximum atomic E-state index is 12.4. The predicted molar refractivity (Wildman–Crippen MR) is 84.6 cm³/mol. The monoisotopic (exact) mass is 305 g/mol. The molecule has 1 aromatic carbocycles. The summed E-state index contributed by atoms with van der Waals surface area (Å²) in [6, 6.07) is 6.78. The molecule has 0 spiro atoms. The molecule has 21 heavy (non-hydrogen) atoms. The van der Waals surface area contributed by atoms with Gasteiger partial charge in [-0.05, 0) is 24.8 Å². The van der Waals surface area contributed by atoms with Crippen LogP contribution in [0.25, 0.3) is 0 Å². The number of thiocarbonyl (C=S) groups is 1. The standard InChI is InChI=1S/C15H19N3O2S/c16-14(20)12-3-1-2-8-18(12)13(19)9-10-4-6-11(7-5-10)15(17)21/h4-7,12H,1-3,8-9H2,(H2,16,20)(H2,17,21). The fourth-order valence-electron chi connectivity index (χ4n) is 2.59. The first-order chi connectivity index (χ1) is 9.99. The molecule has 0 radical (unpaired) electrons. The number of carbonyl (C=O) groups excluding carboxylic acids is 2. The Morgan fingerprint density at radius 3 is 2.43 bits per heavy atom. The van der Waals surface area contributed by atoms with E-state index >= 15 is 0 Å². The largest absolute Gasteiger partial charge is 0.389 e. The molecule has 6 heteroatoms. The fourth-order valence-corrected chi connectivity index (χ4v) is 2.72. The maximum Gasteiger partial charge on any atom is 0.240 e. The van der Waals surface area contributed by atoms with Crippen LogP contribution < -0.4 is 11.5 Å². The number of benzene rings is 1. The Hall–Kier alpha value is -1.95. The second-order valence-electron chi connectivity index (χ2n) is 5.24. The highest BCUT2D eigenvalue weighted by Gasteiger charge is 2.30. The first kappa shape index (κ1) is 15.4. The molecule has 1 saturated heterocycles. The number of rotatable bonds is 4. The van der Waals surface area contributed by atoms with Gasteiger partial charge in [0.15, 0.2) is 0 Å². The van der Waals surface area contributed by atoms with Crippen LogP contribution in [-0.2, 0) is 16.0 Å². The first-order valence-electron chi connectivity index (χ1n) is 6.96. The van der Waals surface area contributed by atoms with Gasteiger partial charge < -0.3 is 16.4 Å². The molecule has 1 aromatic rings. The summed E-state index contributed by atoms with van der Waals surface area (Å²) >= 11 is 4.89. The van der Waals surface area contributed by atoms with E-state index < -0.39 is 11.9 Å². The molecule has 1 aliphatic heterocycles. The summed E-state index contributed by atoms with van der Waals surface area (Å²) in [5.41, 5.74) is 12.6. The van der Waals surface area contributed by atoms with Crippen molar-refractivity contribution in [3.05, 3.63) is 35.4 Å². The van der Waals surface area contributed by atoms with E-state index in [0.29, 0.717) is 18.0 Å². The van der Waals surface area contributed by atoms with Crippen molar-refractivity contribution in [3.8, 4) is 0 Å². The minimum Gasteiger partial charge on any atom is -0.389 e. The van der Waals surface area contributed by atoms with Crippen molar-refractivity contribution in [1.29, 1.82) is 0 Å². The average Bonchev–Trinajstić information content (AvgIpc) is 2.47. The molecule has 112 valence electrons. The van der Waals surface area contributed by atoms with E-state index in [2.05, 4.69) is 0 Å². The first-order valence-corrected chi connectivity index (χ1v) is 7.37. The molecule has 1 atom stereocenters. The summed E-state index contributed by atoms with van der Waals surface area (Å²) in [6.07, 6.45) is 2.75. The smallest absolute Gasteiger partial charge is 0.240 e. The number of primary amides is 1. The van der Waals surface area contributed by atoms with Gasteiger partial charge >= 0.3 is 0 Å². The van der Waals surface area contributed by atoms with E-state index in [4.69, 9.17) is 23.7 Å². The van der Waals surface area contributed by atoms with E-state index in [9.17, 15) is 9.59 Å². The summed E-state index contributed by atoms with van der Waals surface area (Å²) in [4.78, 5) is 25.7. The van der Waals surface area contributed by atoms with Crippen molar-refractivity contribution in [2.75, 3.05) is 6.54 Å². The van der Waals surface area contributed by atoms with Gasteiger partial charge in [0.1, 0.15) is 11.0 Å². The predicted octanol–water partition coefficient (Wildman–Crippen LogP) is 0.730. The summed E-state index contributed by atoms with van der Waals surface area (Å²) in [7, 11) is 0. The summed E-state index contributed by atoms with van der Waals surface area (Å²) < 4.78 is 0. The van der Waals surface area contributed by atoms with Gasteiger partial charge in [-0.2, -0.15) is 0 Å². The molecular formula is C15H19N3O2S. The second-order valence-corrected chi connectivity index (χ2v) is 5.68. The van der Waals surface area contributed by atoms with Gasteiger partial charge in [-0.15, -0.1) is 0 Å². The zero-order valence-electron chi connectivity index (χ0n) is 11.7. The third-order valence-corrected chi connectivity index (χ3v) is 3.98. The van der Waals surface area contributed by atoms with Crippen LogP contribution >= 0.6 is 12.2 Å². The second kappa shape index (κ2) is 6.67.